The van der Waals surface area contributed by atoms with Crippen LogP contribution in [0.15, 0.2) is 12.4 Å². The number of H-pyrrole nitrogens is 2. The fourth-order valence-corrected chi connectivity index (χ4v) is 4.64. The second-order valence-electron chi connectivity index (χ2n) is 10.0. The van der Waals surface area contributed by atoms with Crippen LogP contribution in [-0.4, -0.2) is 19.9 Å². The Labute approximate surface area is 204 Å². The maximum Gasteiger partial charge on any atom is 0.106 e. The average Bonchev–Trinajstić information content (AvgIpc) is 3.46. The Balaban J connectivity index is 1.51. The Morgan fingerprint density at radius 2 is 0.818 bits per heavy atom. The average molecular weight is 457 g/mol. The zero-order valence-corrected chi connectivity index (χ0v) is 21.9. The summed E-state index contributed by atoms with van der Waals surface area (Å²) in [5.41, 5.74) is 2.23. The normalized spacial score (nSPS) is 11.5. The third kappa shape index (κ3) is 13.7. The standard InChI is InChI=1S/C29H52N4/c1-3-5-7-9-11-13-15-17-19-21-28-30-24-26(32-28)23-27-25-31-29(33-27)22-20-18-16-14-12-10-8-6-4-2/h24-25H,3-23H2,1-2H3,(H,30,32)(H,31,33). The van der Waals surface area contributed by atoms with E-state index in [4.69, 9.17) is 9.97 Å². The van der Waals surface area contributed by atoms with Crippen molar-refractivity contribution in [2.75, 3.05) is 0 Å². The van der Waals surface area contributed by atoms with Gasteiger partial charge in [0.05, 0.1) is 11.4 Å². The molecule has 33 heavy (non-hydrogen) atoms. The number of nitrogens with one attached hydrogen (secondary N) is 2. The van der Waals surface area contributed by atoms with Gasteiger partial charge in [-0.15, -0.1) is 0 Å². The lowest BCUT2D eigenvalue weighted by Crippen LogP contribution is -1.93. The number of imidazole rings is 2. The van der Waals surface area contributed by atoms with Gasteiger partial charge < -0.3 is 9.97 Å². The number of rotatable bonds is 22. The molecule has 4 heteroatoms. The van der Waals surface area contributed by atoms with Crippen molar-refractivity contribution in [2.45, 2.75) is 149 Å². The van der Waals surface area contributed by atoms with E-state index in [0.29, 0.717) is 0 Å². The molecule has 0 radical (unpaired) electrons. The summed E-state index contributed by atoms with van der Waals surface area (Å²) in [5, 5.41) is 0. The van der Waals surface area contributed by atoms with E-state index in [1.54, 1.807) is 0 Å². The van der Waals surface area contributed by atoms with E-state index in [1.807, 2.05) is 0 Å². The highest BCUT2D eigenvalue weighted by Crippen LogP contribution is 2.14. The third-order valence-electron chi connectivity index (χ3n) is 6.76. The number of unbranched alkanes of at least 4 members (excludes halogenated alkanes) is 16. The minimum absolute atomic E-state index is 0.822. The summed E-state index contributed by atoms with van der Waals surface area (Å²) in [6.07, 6.45) is 31.8. The van der Waals surface area contributed by atoms with Gasteiger partial charge in [0.2, 0.25) is 0 Å². The summed E-state index contributed by atoms with van der Waals surface area (Å²) in [4.78, 5) is 16.3. The summed E-state index contributed by atoms with van der Waals surface area (Å²) >= 11 is 0. The topological polar surface area (TPSA) is 57.4 Å². The van der Waals surface area contributed by atoms with E-state index in [1.165, 1.54) is 116 Å². The van der Waals surface area contributed by atoms with Crippen molar-refractivity contribution < 1.29 is 0 Å². The van der Waals surface area contributed by atoms with Gasteiger partial charge in [0, 0.05) is 31.7 Å². The second kappa shape index (κ2) is 18.8. The lowest BCUT2D eigenvalue weighted by molar-refractivity contribution is 0.562. The van der Waals surface area contributed by atoms with E-state index >= 15 is 0 Å². The van der Waals surface area contributed by atoms with Crippen LogP contribution < -0.4 is 0 Å². The van der Waals surface area contributed by atoms with Crippen LogP contribution in [0.2, 0.25) is 0 Å². The highest BCUT2D eigenvalue weighted by molar-refractivity contribution is 5.13. The minimum atomic E-state index is 0.822. The summed E-state index contributed by atoms with van der Waals surface area (Å²) < 4.78 is 0. The van der Waals surface area contributed by atoms with Gasteiger partial charge in [0.15, 0.2) is 0 Å². The van der Waals surface area contributed by atoms with E-state index in [0.717, 1.165) is 42.3 Å². The van der Waals surface area contributed by atoms with Crippen molar-refractivity contribution in [3.8, 4) is 0 Å². The molecule has 0 aromatic carbocycles. The van der Waals surface area contributed by atoms with Gasteiger partial charge in [-0.2, -0.15) is 0 Å². The predicted octanol–water partition coefficient (Wildman–Crippen LogP) is 8.87. The summed E-state index contributed by atoms with van der Waals surface area (Å²) in [6, 6.07) is 0. The number of aromatic amines is 2. The van der Waals surface area contributed by atoms with Crippen molar-refractivity contribution in [3.05, 3.63) is 35.4 Å². The molecule has 2 aromatic heterocycles. The summed E-state index contributed by atoms with van der Waals surface area (Å²) in [5.74, 6) is 2.27. The van der Waals surface area contributed by atoms with Crippen LogP contribution in [0.4, 0.5) is 0 Å². The zero-order chi connectivity index (χ0) is 23.4. The van der Waals surface area contributed by atoms with Crippen LogP contribution in [0, 0.1) is 0 Å². The SMILES string of the molecule is CCCCCCCCCCCc1nc(Cc2c[nH]c(CCCCCCCCCCC)n2)c[nH]1. The Kier molecular flexibility index (Phi) is 15.8. The van der Waals surface area contributed by atoms with Gasteiger partial charge in [-0.1, -0.05) is 117 Å². The molecule has 0 aliphatic heterocycles. The van der Waals surface area contributed by atoms with Gasteiger partial charge in [-0.25, -0.2) is 9.97 Å². The Morgan fingerprint density at radius 3 is 1.18 bits per heavy atom. The fraction of sp³-hybridized carbons (Fsp3) is 0.793. The maximum atomic E-state index is 4.80. The molecule has 2 heterocycles. The van der Waals surface area contributed by atoms with Gasteiger partial charge >= 0.3 is 0 Å². The molecule has 0 saturated carbocycles. The van der Waals surface area contributed by atoms with E-state index < -0.39 is 0 Å². The first kappa shape index (κ1) is 27.7. The first-order valence-corrected chi connectivity index (χ1v) is 14.4. The van der Waals surface area contributed by atoms with Gasteiger partial charge in [0.25, 0.3) is 0 Å². The molecule has 0 aliphatic rings. The first-order valence-electron chi connectivity index (χ1n) is 14.4. The molecule has 0 atom stereocenters. The molecular weight excluding hydrogens is 404 g/mol. The number of hydrogen-bond donors (Lipinski definition) is 2. The van der Waals surface area contributed by atoms with E-state index in [9.17, 15) is 0 Å². The molecule has 2 aromatic rings. The molecule has 0 spiro atoms. The van der Waals surface area contributed by atoms with Gasteiger partial charge in [0.1, 0.15) is 11.6 Å². The van der Waals surface area contributed by atoms with Crippen molar-refractivity contribution in [2.24, 2.45) is 0 Å². The number of aryl methyl sites for hydroxylation is 2. The van der Waals surface area contributed by atoms with Crippen molar-refractivity contribution >= 4 is 0 Å². The molecule has 0 aliphatic carbocycles. The highest BCUT2D eigenvalue weighted by Gasteiger charge is 2.06. The van der Waals surface area contributed by atoms with E-state index in [-0.39, 0.29) is 0 Å². The molecule has 0 bridgehead atoms. The lowest BCUT2D eigenvalue weighted by Gasteiger charge is -2.01. The zero-order valence-electron chi connectivity index (χ0n) is 21.9. The monoisotopic (exact) mass is 456 g/mol. The molecule has 2 N–H and O–H groups in total. The first-order chi connectivity index (χ1) is 16.3. The molecular formula is C29H52N4. The van der Waals surface area contributed by atoms with Crippen molar-refractivity contribution in [3.63, 3.8) is 0 Å². The summed E-state index contributed by atoms with van der Waals surface area (Å²) in [6.45, 7) is 4.57. The molecule has 0 fully saturated rings. The van der Waals surface area contributed by atoms with Gasteiger partial charge in [-0.3, -0.25) is 0 Å². The quantitative estimate of drug-likeness (QED) is 0.174. The summed E-state index contributed by atoms with van der Waals surface area (Å²) in [7, 11) is 0. The number of nitrogens with zero attached hydrogens (tertiary/aromatic N) is 2. The van der Waals surface area contributed by atoms with Crippen LogP contribution >= 0.6 is 0 Å². The second-order valence-corrected chi connectivity index (χ2v) is 10.0. The largest absolute Gasteiger partial charge is 0.348 e. The van der Waals surface area contributed by atoms with Crippen LogP contribution in [0.5, 0.6) is 0 Å². The number of aromatic nitrogens is 4. The van der Waals surface area contributed by atoms with Crippen LogP contribution in [0.25, 0.3) is 0 Å². The molecule has 2 rings (SSSR count). The Hall–Kier alpha value is -1.58. The van der Waals surface area contributed by atoms with Crippen molar-refractivity contribution in [1.82, 2.24) is 19.9 Å². The van der Waals surface area contributed by atoms with Crippen LogP contribution in [0.1, 0.15) is 152 Å². The molecule has 0 unspecified atom stereocenters. The predicted molar refractivity (Wildman–Crippen MR) is 142 cm³/mol. The van der Waals surface area contributed by atoms with Crippen LogP contribution in [0.3, 0.4) is 0 Å². The van der Waals surface area contributed by atoms with Crippen LogP contribution in [-0.2, 0) is 19.3 Å². The highest BCUT2D eigenvalue weighted by atomic mass is 14.9. The maximum absolute atomic E-state index is 4.80. The third-order valence-corrected chi connectivity index (χ3v) is 6.76. The lowest BCUT2D eigenvalue weighted by atomic mass is 10.1. The van der Waals surface area contributed by atoms with Crippen molar-refractivity contribution in [1.29, 1.82) is 0 Å². The minimum Gasteiger partial charge on any atom is -0.348 e. The van der Waals surface area contributed by atoms with E-state index in [2.05, 4.69) is 36.2 Å². The fourth-order valence-electron chi connectivity index (χ4n) is 4.64. The molecule has 4 nitrogen and oxygen atoms in total. The molecule has 0 amide bonds. The Bertz CT molecular complexity index is 629. The van der Waals surface area contributed by atoms with Gasteiger partial charge in [-0.05, 0) is 12.8 Å². The molecule has 188 valence electrons. The Morgan fingerprint density at radius 1 is 0.485 bits per heavy atom. The number of hydrogen-bond acceptors (Lipinski definition) is 2. The molecule has 0 saturated heterocycles. The smallest absolute Gasteiger partial charge is 0.106 e.